The van der Waals surface area contributed by atoms with Crippen LogP contribution in [0.25, 0.3) is 0 Å². The molecule has 0 atom stereocenters. The molecule has 0 aromatic heterocycles. The molecule has 0 aliphatic carbocycles. The Hall–Kier alpha value is -1.43. The molecule has 4 nitrogen and oxygen atoms in total. The average Bonchev–Trinajstić information content (AvgIpc) is 2.46. The van der Waals surface area contributed by atoms with Crippen LogP contribution in [0.4, 0.5) is 4.39 Å². The molecule has 0 spiro atoms. The molecule has 1 aliphatic heterocycles. The minimum absolute atomic E-state index is 0.0480. The summed E-state index contributed by atoms with van der Waals surface area (Å²) >= 11 is 3.22. The molecule has 0 radical (unpaired) electrons. The molecule has 6 heteroatoms. The van der Waals surface area contributed by atoms with E-state index in [-0.39, 0.29) is 23.3 Å². The predicted molar refractivity (Wildman–Crippen MR) is 81.4 cm³/mol. The Balaban J connectivity index is 2.06. The smallest absolute Gasteiger partial charge is 0.257 e. The topological polar surface area (TPSA) is 40.6 Å². The molecule has 1 aromatic rings. The summed E-state index contributed by atoms with van der Waals surface area (Å²) in [5, 5.41) is 0. The third kappa shape index (κ3) is 3.43. The quantitative estimate of drug-likeness (QED) is 0.816. The van der Waals surface area contributed by atoms with Crippen molar-refractivity contribution in [3.63, 3.8) is 0 Å². The van der Waals surface area contributed by atoms with E-state index in [4.69, 9.17) is 0 Å². The number of nitrogens with zero attached hydrogens (tertiary/aromatic N) is 2. The maximum absolute atomic E-state index is 13.8. The van der Waals surface area contributed by atoms with Crippen molar-refractivity contribution in [2.45, 2.75) is 12.8 Å². The van der Waals surface area contributed by atoms with Gasteiger partial charge in [0.15, 0.2) is 0 Å². The van der Waals surface area contributed by atoms with E-state index in [0.29, 0.717) is 30.4 Å². The molecule has 2 amide bonds. The van der Waals surface area contributed by atoms with Gasteiger partial charge in [-0.1, -0.05) is 6.07 Å². The molecular weight excluding hydrogens is 339 g/mol. The van der Waals surface area contributed by atoms with Crippen LogP contribution in [0, 0.1) is 11.7 Å². The van der Waals surface area contributed by atoms with Gasteiger partial charge in [-0.25, -0.2) is 4.39 Å². The summed E-state index contributed by atoms with van der Waals surface area (Å²) in [5.41, 5.74) is 0.0647. The van der Waals surface area contributed by atoms with Crippen molar-refractivity contribution in [3.05, 3.63) is 34.1 Å². The van der Waals surface area contributed by atoms with Crippen LogP contribution in [0.5, 0.6) is 0 Å². The fraction of sp³-hybridized carbons (Fsp3) is 0.467. The summed E-state index contributed by atoms with van der Waals surface area (Å²) in [7, 11) is 3.46. The zero-order valence-corrected chi connectivity index (χ0v) is 13.7. The van der Waals surface area contributed by atoms with E-state index in [2.05, 4.69) is 15.9 Å². The van der Waals surface area contributed by atoms with E-state index in [0.717, 1.165) is 0 Å². The van der Waals surface area contributed by atoms with Gasteiger partial charge in [0.05, 0.1) is 5.56 Å². The highest BCUT2D eigenvalue weighted by Gasteiger charge is 2.30. The first-order chi connectivity index (χ1) is 9.91. The van der Waals surface area contributed by atoms with Gasteiger partial charge < -0.3 is 9.80 Å². The summed E-state index contributed by atoms with van der Waals surface area (Å²) in [6, 6.07) is 4.48. The van der Waals surface area contributed by atoms with E-state index < -0.39 is 5.82 Å². The lowest BCUT2D eigenvalue weighted by molar-refractivity contribution is -0.134. The molecule has 0 bridgehead atoms. The van der Waals surface area contributed by atoms with Gasteiger partial charge in [0, 0.05) is 37.6 Å². The second-order valence-electron chi connectivity index (χ2n) is 5.40. The summed E-state index contributed by atoms with van der Waals surface area (Å²) < 4.78 is 14.3. The second-order valence-corrected chi connectivity index (χ2v) is 6.25. The van der Waals surface area contributed by atoms with E-state index in [1.54, 1.807) is 36.0 Å². The van der Waals surface area contributed by atoms with Gasteiger partial charge in [0.2, 0.25) is 5.91 Å². The molecule has 21 heavy (non-hydrogen) atoms. The monoisotopic (exact) mass is 356 g/mol. The van der Waals surface area contributed by atoms with Gasteiger partial charge >= 0.3 is 0 Å². The lowest BCUT2D eigenvalue weighted by Crippen LogP contribution is -2.43. The molecule has 0 saturated carbocycles. The van der Waals surface area contributed by atoms with Crippen molar-refractivity contribution in [2.24, 2.45) is 5.92 Å². The van der Waals surface area contributed by atoms with Crippen molar-refractivity contribution in [3.8, 4) is 0 Å². The van der Waals surface area contributed by atoms with Gasteiger partial charge in [-0.15, -0.1) is 0 Å². The number of hydrogen-bond donors (Lipinski definition) is 0. The van der Waals surface area contributed by atoms with Crippen LogP contribution in [0.1, 0.15) is 23.2 Å². The Bertz CT molecular complexity index is 534. The highest BCUT2D eigenvalue weighted by Crippen LogP contribution is 2.25. The average molecular weight is 357 g/mol. The van der Waals surface area contributed by atoms with Crippen LogP contribution in [0.15, 0.2) is 22.7 Å². The number of hydrogen-bond acceptors (Lipinski definition) is 2. The Morgan fingerprint density at radius 3 is 2.43 bits per heavy atom. The molecule has 1 fully saturated rings. The zero-order chi connectivity index (χ0) is 15.6. The van der Waals surface area contributed by atoms with E-state index >= 15 is 0 Å². The lowest BCUT2D eigenvalue weighted by Gasteiger charge is -2.32. The number of halogens is 2. The largest absolute Gasteiger partial charge is 0.349 e. The fourth-order valence-electron chi connectivity index (χ4n) is 2.55. The second kappa shape index (κ2) is 6.56. The molecule has 0 N–H and O–H groups in total. The minimum atomic E-state index is -0.527. The van der Waals surface area contributed by atoms with Crippen molar-refractivity contribution >= 4 is 27.7 Å². The van der Waals surface area contributed by atoms with Gasteiger partial charge in [0.1, 0.15) is 5.82 Å². The first kappa shape index (κ1) is 15.9. The van der Waals surface area contributed by atoms with Crippen LogP contribution in [0.3, 0.4) is 0 Å². The SMILES string of the molecule is CN(C)C(=O)C1CCN(C(=O)c2c(F)cccc2Br)CC1. The first-order valence-electron chi connectivity index (χ1n) is 6.86. The molecule has 1 aromatic carbocycles. The molecule has 114 valence electrons. The number of piperidine rings is 1. The van der Waals surface area contributed by atoms with E-state index in [1.165, 1.54) is 6.07 Å². The Morgan fingerprint density at radius 2 is 1.90 bits per heavy atom. The highest BCUT2D eigenvalue weighted by atomic mass is 79.9. The fourth-order valence-corrected chi connectivity index (χ4v) is 3.07. The van der Waals surface area contributed by atoms with Crippen LogP contribution >= 0.6 is 15.9 Å². The Morgan fingerprint density at radius 1 is 1.29 bits per heavy atom. The number of carbonyl (C=O) groups is 2. The minimum Gasteiger partial charge on any atom is -0.349 e. The molecule has 1 saturated heterocycles. The Kier molecular flexibility index (Phi) is 4.98. The standard InChI is InChI=1S/C15H18BrFN2O2/c1-18(2)14(20)10-6-8-19(9-7-10)15(21)13-11(16)4-3-5-12(13)17/h3-5,10H,6-9H2,1-2H3. The molecule has 0 unspecified atom stereocenters. The lowest BCUT2D eigenvalue weighted by atomic mass is 9.95. The van der Waals surface area contributed by atoms with Crippen molar-refractivity contribution in [2.75, 3.05) is 27.2 Å². The number of rotatable bonds is 2. The van der Waals surface area contributed by atoms with Gasteiger partial charge in [0.25, 0.3) is 5.91 Å². The van der Waals surface area contributed by atoms with Crippen molar-refractivity contribution in [1.82, 2.24) is 9.80 Å². The first-order valence-corrected chi connectivity index (χ1v) is 7.65. The molecule has 2 rings (SSSR count). The van der Waals surface area contributed by atoms with E-state index in [1.807, 2.05) is 0 Å². The third-order valence-electron chi connectivity index (χ3n) is 3.75. The van der Waals surface area contributed by atoms with Crippen molar-refractivity contribution < 1.29 is 14.0 Å². The molecular formula is C15H18BrFN2O2. The van der Waals surface area contributed by atoms with Crippen LogP contribution in [0.2, 0.25) is 0 Å². The predicted octanol–water partition coefficient (Wildman–Crippen LogP) is 2.53. The van der Waals surface area contributed by atoms with Crippen molar-refractivity contribution in [1.29, 1.82) is 0 Å². The summed E-state index contributed by atoms with van der Waals surface area (Å²) in [4.78, 5) is 27.5. The number of likely N-dealkylation sites (tertiary alicyclic amines) is 1. The third-order valence-corrected chi connectivity index (χ3v) is 4.41. The molecule has 1 aliphatic rings. The number of benzene rings is 1. The molecule has 1 heterocycles. The van der Waals surface area contributed by atoms with Gasteiger partial charge in [-0.2, -0.15) is 0 Å². The maximum atomic E-state index is 13.8. The Labute approximate surface area is 132 Å². The maximum Gasteiger partial charge on any atom is 0.257 e. The summed E-state index contributed by atoms with van der Waals surface area (Å²) in [6.07, 6.45) is 1.24. The highest BCUT2D eigenvalue weighted by molar-refractivity contribution is 9.10. The summed E-state index contributed by atoms with van der Waals surface area (Å²) in [6.45, 7) is 0.952. The normalized spacial score (nSPS) is 15.9. The zero-order valence-electron chi connectivity index (χ0n) is 12.1. The van der Waals surface area contributed by atoms with Crippen LogP contribution in [-0.2, 0) is 4.79 Å². The van der Waals surface area contributed by atoms with Crippen LogP contribution < -0.4 is 0 Å². The summed E-state index contributed by atoms with van der Waals surface area (Å²) in [5.74, 6) is -0.807. The number of carbonyl (C=O) groups excluding carboxylic acids is 2. The van der Waals surface area contributed by atoms with Gasteiger partial charge in [-0.3, -0.25) is 9.59 Å². The van der Waals surface area contributed by atoms with E-state index in [9.17, 15) is 14.0 Å². The van der Waals surface area contributed by atoms with Gasteiger partial charge in [-0.05, 0) is 40.9 Å². The van der Waals surface area contributed by atoms with Crippen LogP contribution in [-0.4, -0.2) is 48.8 Å². The number of amides is 2.